The largest absolute Gasteiger partial charge is 0.481 e. The van der Waals surface area contributed by atoms with Gasteiger partial charge in [-0.2, -0.15) is 16.1 Å². The molecule has 3 N–H and O–H groups in total. The molecule has 1 unspecified atom stereocenters. The summed E-state index contributed by atoms with van der Waals surface area (Å²) >= 11 is 1.47. The molecule has 0 saturated carbocycles. The van der Waals surface area contributed by atoms with Crippen LogP contribution in [0, 0.1) is 11.8 Å². The monoisotopic (exact) mass is 450 g/mol. The summed E-state index contributed by atoms with van der Waals surface area (Å²) in [5.74, 6) is 5.24. The molecule has 0 bridgehead atoms. The molecule has 0 aliphatic carbocycles. The average Bonchev–Trinajstić information content (AvgIpc) is 2.64. The molecule has 1 amide bonds. The zero-order valence-electron chi connectivity index (χ0n) is 15.4. The fraction of sp³-hybridized carbons (Fsp3) is 0.471. The summed E-state index contributed by atoms with van der Waals surface area (Å²) in [6.07, 6.45) is 0. The first kappa shape index (κ1) is 24.6. The van der Waals surface area contributed by atoms with Crippen molar-refractivity contribution in [3.05, 3.63) is 24.3 Å². The van der Waals surface area contributed by atoms with Gasteiger partial charge in [-0.25, -0.2) is 13.9 Å². The Morgan fingerprint density at radius 3 is 2.57 bits per heavy atom. The quantitative estimate of drug-likeness (QED) is 0.346. The first-order chi connectivity index (χ1) is 12.7. The molecule has 0 radical (unpaired) electrons. The summed E-state index contributed by atoms with van der Waals surface area (Å²) in [5, 5.41) is 17.6. The molecule has 156 valence electrons. The summed E-state index contributed by atoms with van der Waals surface area (Å²) in [5.41, 5.74) is 1.58. The van der Waals surface area contributed by atoms with Crippen LogP contribution in [0.5, 0.6) is 5.75 Å². The maximum atomic E-state index is 13.1. The van der Waals surface area contributed by atoms with E-state index in [1.807, 2.05) is 0 Å². The standard InChI is InChI=1S/C17H22N2O6S2.ClH/c1-17(2)15(16(21)18-22)19(9-12-26-17)27(23,24)14-7-5-13(6-8-14)25-11-4-3-10-20;/h5-8,15,20,22H,9-12H2,1-2H3,(H,18,21);1H. The van der Waals surface area contributed by atoms with Crippen molar-refractivity contribution >= 4 is 40.1 Å². The van der Waals surface area contributed by atoms with Crippen molar-refractivity contribution in [2.45, 2.75) is 29.5 Å². The molecule has 2 rings (SSSR count). The van der Waals surface area contributed by atoms with Crippen molar-refractivity contribution < 1.29 is 28.3 Å². The number of hydrogen-bond donors (Lipinski definition) is 3. The lowest BCUT2D eigenvalue weighted by Gasteiger charge is -2.43. The maximum absolute atomic E-state index is 13.1. The van der Waals surface area contributed by atoms with Gasteiger partial charge in [-0.15, -0.1) is 12.4 Å². The molecular formula is C17H23ClN2O6S2. The lowest BCUT2D eigenvalue weighted by Crippen LogP contribution is -2.61. The number of thioether (sulfide) groups is 1. The Labute approximate surface area is 175 Å². The van der Waals surface area contributed by atoms with E-state index in [4.69, 9.17) is 15.1 Å². The summed E-state index contributed by atoms with van der Waals surface area (Å²) < 4.78 is 31.9. The Balaban J connectivity index is 0.00000392. The predicted octanol–water partition coefficient (Wildman–Crippen LogP) is 0.873. The minimum atomic E-state index is -3.95. The topological polar surface area (TPSA) is 116 Å². The van der Waals surface area contributed by atoms with Crippen molar-refractivity contribution in [3.63, 3.8) is 0 Å². The van der Waals surface area contributed by atoms with E-state index in [1.54, 1.807) is 19.3 Å². The van der Waals surface area contributed by atoms with Crippen LogP contribution < -0.4 is 10.2 Å². The molecule has 28 heavy (non-hydrogen) atoms. The van der Waals surface area contributed by atoms with E-state index in [2.05, 4.69) is 11.8 Å². The smallest absolute Gasteiger partial charge is 0.263 e. The second kappa shape index (κ2) is 10.3. The van der Waals surface area contributed by atoms with Gasteiger partial charge in [0.25, 0.3) is 5.91 Å². The van der Waals surface area contributed by atoms with Crippen LogP contribution in [0.4, 0.5) is 0 Å². The van der Waals surface area contributed by atoms with Gasteiger partial charge in [0.15, 0.2) is 0 Å². The first-order valence-electron chi connectivity index (χ1n) is 8.13. The summed E-state index contributed by atoms with van der Waals surface area (Å²) in [7, 11) is -3.95. The second-order valence-electron chi connectivity index (χ2n) is 6.22. The van der Waals surface area contributed by atoms with Crippen LogP contribution >= 0.6 is 24.2 Å². The molecule has 1 aromatic rings. The molecule has 1 saturated heterocycles. The number of aliphatic hydroxyl groups excluding tert-OH is 1. The van der Waals surface area contributed by atoms with E-state index in [0.717, 1.165) is 4.31 Å². The molecule has 0 spiro atoms. The molecule has 1 atom stereocenters. The summed E-state index contributed by atoms with van der Waals surface area (Å²) in [4.78, 5) is 12.2. The number of carbonyl (C=O) groups excluding carboxylic acids is 1. The predicted molar refractivity (Wildman–Crippen MR) is 108 cm³/mol. The van der Waals surface area contributed by atoms with Gasteiger partial charge in [0.05, 0.1) is 4.90 Å². The number of halogens is 1. The molecular weight excluding hydrogens is 428 g/mol. The molecule has 1 aromatic carbocycles. The van der Waals surface area contributed by atoms with Crippen molar-refractivity contribution in [3.8, 4) is 17.6 Å². The van der Waals surface area contributed by atoms with Crippen LogP contribution in [0.1, 0.15) is 13.8 Å². The molecule has 8 nitrogen and oxygen atoms in total. The average molecular weight is 451 g/mol. The fourth-order valence-corrected chi connectivity index (χ4v) is 5.90. The number of benzene rings is 1. The number of rotatable bonds is 5. The van der Waals surface area contributed by atoms with Crippen molar-refractivity contribution in [1.29, 1.82) is 0 Å². The number of ether oxygens (including phenoxy) is 1. The second-order valence-corrected chi connectivity index (χ2v) is 9.86. The highest BCUT2D eigenvalue weighted by Gasteiger charge is 2.48. The Kier molecular flexibility index (Phi) is 9.07. The van der Waals surface area contributed by atoms with Crippen molar-refractivity contribution in [2.75, 3.05) is 25.5 Å². The minimum Gasteiger partial charge on any atom is -0.481 e. The maximum Gasteiger partial charge on any atom is 0.263 e. The van der Waals surface area contributed by atoms with Gasteiger partial charge < -0.3 is 9.84 Å². The molecule has 11 heteroatoms. The molecule has 1 aliphatic heterocycles. The number of amides is 1. The highest BCUT2D eigenvalue weighted by atomic mass is 35.5. The fourth-order valence-electron chi connectivity index (χ4n) is 2.79. The van der Waals surface area contributed by atoms with Gasteiger partial charge in [0.2, 0.25) is 10.0 Å². The van der Waals surface area contributed by atoms with Crippen molar-refractivity contribution in [1.82, 2.24) is 9.79 Å². The number of nitrogens with zero attached hydrogens (tertiary/aromatic N) is 1. The highest BCUT2D eigenvalue weighted by Crippen LogP contribution is 2.38. The van der Waals surface area contributed by atoms with E-state index in [9.17, 15) is 13.2 Å². The van der Waals surface area contributed by atoms with Gasteiger partial charge in [-0.3, -0.25) is 10.0 Å². The van der Waals surface area contributed by atoms with Crippen LogP contribution in [-0.2, 0) is 14.8 Å². The number of hydroxylamine groups is 1. The van der Waals surface area contributed by atoms with Gasteiger partial charge in [0.1, 0.15) is 25.0 Å². The summed E-state index contributed by atoms with van der Waals surface area (Å²) in [6.45, 7) is 3.51. The Bertz CT molecular complexity index is 833. The van der Waals surface area contributed by atoms with E-state index >= 15 is 0 Å². The number of nitrogens with one attached hydrogen (secondary N) is 1. The lowest BCUT2D eigenvalue weighted by atomic mass is 10.0. The van der Waals surface area contributed by atoms with E-state index in [0.29, 0.717) is 11.5 Å². The van der Waals surface area contributed by atoms with E-state index in [1.165, 1.54) is 36.0 Å². The molecule has 1 aliphatic rings. The van der Waals surface area contributed by atoms with Crippen LogP contribution in [0.3, 0.4) is 0 Å². The lowest BCUT2D eigenvalue weighted by molar-refractivity contribution is -0.134. The molecule has 0 aromatic heterocycles. The highest BCUT2D eigenvalue weighted by molar-refractivity contribution is 8.00. The summed E-state index contributed by atoms with van der Waals surface area (Å²) in [6, 6.07) is 4.74. The zero-order valence-corrected chi connectivity index (χ0v) is 17.9. The van der Waals surface area contributed by atoms with Gasteiger partial charge >= 0.3 is 0 Å². The first-order valence-corrected chi connectivity index (χ1v) is 10.6. The molecule has 1 heterocycles. The van der Waals surface area contributed by atoms with Crippen LogP contribution in [0.2, 0.25) is 0 Å². The SMILES string of the molecule is CC1(C)SCCN(S(=O)(=O)c2ccc(OCC#CCO)cc2)C1C(=O)NO.Cl. The normalized spacial score (nSPS) is 18.9. The third-order valence-corrected chi connectivity index (χ3v) is 7.27. The Morgan fingerprint density at radius 2 is 2.00 bits per heavy atom. The number of hydrogen-bond acceptors (Lipinski definition) is 7. The number of sulfonamides is 1. The van der Waals surface area contributed by atoms with Crippen LogP contribution in [-0.4, -0.2) is 65.2 Å². The van der Waals surface area contributed by atoms with Crippen LogP contribution in [0.15, 0.2) is 29.2 Å². The zero-order chi connectivity index (χ0) is 20.1. The van der Waals surface area contributed by atoms with E-state index in [-0.39, 0.29) is 37.1 Å². The Morgan fingerprint density at radius 1 is 1.36 bits per heavy atom. The van der Waals surface area contributed by atoms with E-state index < -0.39 is 26.7 Å². The van der Waals surface area contributed by atoms with Crippen LogP contribution in [0.25, 0.3) is 0 Å². The van der Waals surface area contributed by atoms with Gasteiger partial charge in [-0.1, -0.05) is 11.8 Å². The molecule has 1 fully saturated rings. The Hall–Kier alpha value is -1.48. The third kappa shape index (κ3) is 5.53. The third-order valence-electron chi connectivity index (χ3n) is 4.04. The number of aliphatic hydroxyl groups is 1. The van der Waals surface area contributed by atoms with Gasteiger partial charge in [-0.05, 0) is 38.1 Å². The number of carbonyl (C=O) groups is 1. The van der Waals surface area contributed by atoms with Crippen molar-refractivity contribution in [2.24, 2.45) is 0 Å². The van der Waals surface area contributed by atoms with Gasteiger partial charge in [0, 0.05) is 17.0 Å². The minimum absolute atomic E-state index is 0.